The molecule has 16 heavy (non-hydrogen) atoms. The summed E-state index contributed by atoms with van der Waals surface area (Å²) in [5, 5.41) is 0. The fourth-order valence-corrected chi connectivity index (χ4v) is 1.46. The van der Waals surface area contributed by atoms with Gasteiger partial charge in [0.15, 0.2) is 0 Å². The maximum atomic E-state index is 5.68. The normalized spacial score (nSPS) is 10.2. The van der Waals surface area contributed by atoms with Gasteiger partial charge in [-0.05, 0) is 37.9 Å². The van der Waals surface area contributed by atoms with Crippen molar-refractivity contribution < 1.29 is 4.74 Å². The smallest absolute Gasteiger partial charge is 0.121 e. The molecular weight excluding hydrogens is 200 g/mol. The monoisotopic (exact) mass is 222 g/mol. The average Bonchev–Trinajstić information content (AvgIpc) is 2.29. The Morgan fingerprint density at radius 1 is 1.19 bits per heavy atom. The minimum absolute atomic E-state index is 0.774. The van der Waals surface area contributed by atoms with Crippen molar-refractivity contribution in [3.63, 3.8) is 0 Å². The van der Waals surface area contributed by atoms with Gasteiger partial charge in [-0.2, -0.15) is 0 Å². The molecule has 0 unspecified atom stereocenters. The van der Waals surface area contributed by atoms with Crippen LogP contribution in [0.2, 0.25) is 0 Å². The lowest BCUT2D eigenvalue weighted by Crippen LogP contribution is -2.08. The van der Waals surface area contributed by atoms with E-state index in [-0.39, 0.29) is 0 Å². The lowest BCUT2D eigenvalue weighted by molar-refractivity contribution is 0.306. The highest BCUT2D eigenvalue weighted by atomic mass is 16.5. The molecule has 0 fully saturated rings. The molecule has 0 spiro atoms. The van der Waals surface area contributed by atoms with E-state index >= 15 is 0 Å². The van der Waals surface area contributed by atoms with Gasteiger partial charge in [0, 0.05) is 25.8 Å². The largest absolute Gasteiger partial charge is 0.494 e. The molecule has 0 aromatic heterocycles. The van der Waals surface area contributed by atoms with Crippen molar-refractivity contribution >= 4 is 5.69 Å². The van der Waals surface area contributed by atoms with Crippen molar-refractivity contribution in [3.8, 4) is 5.75 Å². The molecule has 90 valence electrons. The molecule has 0 amide bonds. The molecule has 0 radical (unpaired) electrons. The number of nitrogens with two attached hydrogens (primary N) is 1. The van der Waals surface area contributed by atoms with Gasteiger partial charge in [-0.15, -0.1) is 0 Å². The van der Waals surface area contributed by atoms with Gasteiger partial charge >= 0.3 is 0 Å². The number of anilines is 1. The third-order valence-electron chi connectivity index (χ3n) is 2.45. The first-order valence-corrected chi connectivity index (χ1v) is 5.84. The Kier molecular flexibility index (Phi) is 5.72. The van der Waals surface area contributed by atoms with Crippen molar-refractivity contribution in [2.45, 2.75) is 19.3 Å². The molecule has 2 N–H and O–H groups in total. The zero-order chi connectivity index (χ0) is 11.8. The maximum absolute atomic E-state index is 5.68. The molecule has 1 rings (SSSR count). The van der Waals surface area contributed by atoms with Crippen LogP contribution in [0.1, 0.15) is 19.3 Å². The standard InChI is InChI=1S/C13H22N2O/c1-15(2)12-7-6-8-13(11-12)16-10-5-3-4-9-14/h6-8,11H,3-5,9-10,14H2,1-2H3. The average molecular weight is 222 g/mol. The van der Waals surface area contributed by atoms with E-state index in [1.165, 1.54) is 5.69 Å². The second-order valence-corrected chi connectivity index (χ2v) is 4.09. The highest BCUT2D eigenvalue weighted by Crippen LogP contribution is 2.19. The van der Waals surface area contributed by atoms with E-state index in [0.717, 1.165) is 38.2 Å². The van der Waals surface area contributed by atoms with E-state index < -0.39 is 0 Å². The van der Waals surface area contributed by atoms with Gasteiger partial charge in [-0.25, -0.2) is 0 Å². The second-order valence-electron chi connectivity index (χ2n) is 4.09. The molecule has 1 aromatic rings. The van der Waals surface area contributed by atoms with Crippen LogP contribution in [-0.4, -0.2) is 27.2 Å². The van der Waals surface area contributed by atoms with E-state index in [1.807, 2.05) is 26.2 Å². The molecule has 3 heteroatoms. The summed E-state index contributed by atoms with van der Waals surface area (Å²) < 4.78 is 5.68. The van der Waals surface area contributed by atoms with E-state index in [9.17, 15) is 0 Å². The minimum Gasteiger partial charge on any atom is -0.494 e. The van der Waals surface area contributed by atoms with E-state index in [2.05, 4.69) is 17.0 Å². The summed E-state index contributed by atoms with van der Waals surface area (Å²) >= 11 is 0. The van der Waals surface area contributed by atoms with Crippen LogP contribution in [0.4, 0.5) is 5.69 Å². The van der Waals surface area contributed by atoms with Gasteiger partial charge in [-0.3, -0.25) is 0 Å². The Bertz CT molecular complexity index is 300. The van der Waals surface area contributed by atoms with Gasteiger partial charge in [-0.1, -0.05) is 6.07 Å². The summed E-state index contributed by atoms with van der Waals surface area (Å²) in [6.45, 7) is 1.55. The zero-order valence-electron chi connectivity index (χ0n) is 10.3. The number of benzene rings is 1. The van der Waals surface area contributed by atoms with Crippen molar-refractivity contribution in [3.05, 3.63) is 24.3 Å². The van der Waals surface area contributed by atoms with Gasteiger partial charge in [0.1, 0.15) is 5.75 Å². The quantitative estimate of drug-likeness (QED) is 0.719. The number of rotatable bonds is 7. The Morgan fingerprint density at radius 3 is 2.69 bits per heavy atom. The molecule has 0 aliphatic rings. The van der Waals surface area contributed by atoms with Crippen molar-refractivity contribution in [2.75, 3.05) is 32.1 Å². The summed E-state index contributed by atoms with van der Waals surface area (Å²) in [5.74, 6) is 0.943. The van der Waals surface area contributed by atoms with Crippen LogP contribution in [0, 0.1) is 0 Å². The third kappa shape index (κ3) is 4.53. The van der Waals surface area contributed by atoms with Crippen LogP contribution in [0.25, 0.3) is 0 Å². The first-order valence-electron chi connectivity index (χ1n) is 5.84. The van der Waals surface area contributed by atoms with Crippen LogP contribution >= 0.6 is 0 Å². The Hall–Kier alpha value is -1.22. The number of hydrogen-bond donors (Lipinski definition) is 1. The summed E-state index contributed by atoms with van der Waals surface area (Å²) in [5.41, 5.74) is 6.59. The Morgan fingerprint density at radius 2 is 2.00 bits per heavy atom. The lowest BCUT2D eigenvalue weighted by Gasteiger charge is -2.14. The minimum atomic E-state index is 0.774. The summed E-state index contributed by atoms with van der Waals surface area (Å²) in [7, 11) is 4.06. The first-order chi connectivity index (χ1) is 7.74. The maximum Gasteiger partial charge on any atom is 0.121 e. The molecule has 3 nitrogen and oxygen atoms in total. The van der Waals surface area contributed by atoms with E-state index in [0.29, 0.717) is 0 Å². The van der Waals surface area contributed by atoms with Crippen molar-refractivity contribution in [1.29, 1.82) is 0 Å². The lowest BCUT2D eigenvalue weighted by atomic mass is 10.2. The Balaban J connectivity index is 2.33. The number of nitrogens with zero attached hydrogens (tertiary/aromatic N) is 1. The Labute approximate surface area is 98.2 Å². The summed E-state index contributed by atoms with van der Waals surface area (Å²) in [6, 6.07) is 8.14. The predicted molar refractivity (Wildman–Crippen MR) is 69.2 cm³/mol. The summed E-state index contributed by atoms with van der Waals surface area (Å²) in [4.78, 5) is 2.07. The van der Waals surface area contributed by atoms with Crippen LogP contribution in [0.15, 0.2) is 24.3 Å². The molecule has 0 saturated heterocycles. The van der Waals surface area contributed by atoms with Crippen molar-refractivity contribution in [1.82, 2.24) is 0 Å². The highest BCUT2D eigenvalue weighted by molar-refractivity contribution is 5.49. The number of ether oxygens (including phenoxy) is 1. The molecular formula is C13H22N2O. The molecule has 1 aromatic carbocycles. The molecule has 0 heterocycles. The predicted octanol–water partition coefficient (Wildman–Crippen LogP) is 2.26. The topological polar surface area (TPSA) is 38.5 Å². The molecule has 0 saturated carbocycles. The molecule has 0 atom stereocenters. The molecule has 0 bridgehead atoms. The summed E-state index contributed by atoms with van der Waals surface area (Å²) in [6.07, 6.45) is 3.30. The molecule has 0 aliphatic carbocycles. The van der Waals surface area contributed by atoms with Gasteiger partial charge in [0.2, 0.25) is 0 Å². The number of hydrogen-bond acceptors (Lipinski definition) is 3. The molecule has 0 aliphatic heterocycles. The van der Waals surface area contributed by atoms with Crippen molar-refractivity contribution in [2.24, 2.45) is 5.73 Å². The highest BCUT2D eigenvalue weighted by Gasteiger charge is 1.98. The van der Waals surface area contributed by atoms with E-state index in [1.54, 1.807) is 0 Å². The van der Waals surface area contributed by atoms with Crippen LogP contribution < -0.4 is 15.4 Å². The van der Waals surface area contributed by atoms with Crippen LogP contribution in [0.3, 0.4) is 0 Å². The van der Waals surface area contributed by atoms with Gasteiger partial charge < -0.3 is 15.4 Å². The third-order valence-corrected chi connectivity index (χ3v) is 2.45. The second kappa shape index (κ2) is 7.12. The SMILES string of the molecule is CN(C)c1cccc(OCCCCCN)c1. The fraction of sp³-hybridized carbons (Fsp3) is 0.538. The van der Waals surface area contributed by atoms with Crippen LogP contribution in [-0.2, 0) is 0 Å². The fourth-order valence-electron chi connectivity index (χ4n) is 1.46. The zero-order valence-corrected chi connectivity index (χ0v) is 10.3. The first kappa shape index (κ1) is 12.8. The number of unbranched alkanes of at least 4 members (excludes halogenated alkanes) is 2. The van der Waals surface area contributed by atoms with Crippen LogP contribution in [0.5, 0.6) is 5.75 Å². The van der Waals surface area contributed by atoms with Gasteiger partial charge in [0.25, 0.3) is 0 Å². The van der Waals surface area contributed by atoms with Gasteiger partial charge in [0.05, 0.1) is 6.61 Å². The van der Waals surface area contributed by atoms with E-state index in [4.69, 9.17) is 10.5 Å².